The molecule has 14 heteroatoms. The molecule has 2 saturated heterocycles. The van der Waals surface area contributed by atoms with Gasteiger partial charge in [-0.05, 0) is 56.2 Å². The zero-order valence-electron chi connectivity index (χ0n) is 31.7. The smallest absolute Gasteiger partial charge is 0.410 e. The first-order chi connectivity index (χ1) is 27.0. The van der Waals surface area contributed by atoms with Crippen molar-refractivity contribution in [1.29, 1.82) is 5.26 Å². The summed E-state index contributed by atoms with van der Waals surface area (Å²) < 4.78 is 5.69. The van der Waals surface area contributed by atoms with Crippen molar-refractivity contribution in [3.8, 4) is 6.07 Å². The molecule has 1 atom stereocenters. The maximum Gasteiger partial charge on any atom is 0.410 e. The number of carboxylic acid groups (broad SMARTS) is 1. The summed E-state index contributed by atoms with van der Waals surface area (Å²) in [5.41, 5.74) is 2.07. The Balaban J connectivity index is 1.12. The molecule has 1 saturated carbocycles. The maximum absolute atomic E-state index is 14.8. The maximum atomic E-state index is 14.8. The van der Waals surface area contributed by atoms with Gasteiger partial charge in [0.25, 0.3) is 0 Å². The molecule has 13 nitrogen and oxygen atoms in total. The number of piperazine rings is 2. The van der Waals surface area contributed by atoms with Crippen molar-refractivity contribution in [2.24, 2.45) is 0 Å². The van der Waals surface area contributed by atoms with Gasteiger partial charge in [-0.3, -0.25) is 9.69 Å². The lowest BCUT2D eigenvalue weighted by molar-refractivity contribution is 0.00447. The molecule has 1 aromatic heterocycles. The van der Waals surface area contributed by atoms with Gasteiger partial charge in [0.1, 0.15) is 12.4 Å². The summed E-state index contributed by atoms with van der Waals surface area (Å²) in [6, 6.07) is 23.3. The second-order valence-electron chi connectivity index (χ2n) is 15.8. The minimum absolute atomic E-state index is 0.104. The zero-order chi connectivity index (χ0) is 39.2. The minimum atomic E-state index is -0.968. The molecule has 4 aromatic rings. The molecule has 0 spiro atoms. The van der Waals surface area contributed by atoms with E-state index in [2.05, 4.69) is 26.8 Å². The molecule has 4 heterocycles. The molecule has 290 valence electrons. The fourth-order valence-corrected chi connectivity index (χ4v) is 9.06. The second kappa shape index (κ2) is 14.9. The summed E-state index contributed by atoms with van der Waals surface area (Å²) in [4.78, 5) is 59.9. The van der Waals surface area contributed by atoms with Gasteiger partial charge in [-0.15, -0.1) is 0 Å². The molecule has 8 rings (SSSR count). The lowest BCUT2D eigenvalue weighted by Gasteiger charge is -2.48. The highest BCUT2D eigenvalue weighted by molar-refractivity contribution is 6.36. The van der Waals surface area contributed by atoms with Gasteiger partial charge in [0.05, 0.1) is 46.9 Å². The third-order valence-corrected chi connectivity index (χ3v) is 12.2. The first kappa shape index (κ1) is 37.5. The Kier molecular flexibility index (Phi) is 9.97. The minimum Gasteiger partial charge on any atom is -0.465 e. The van der Waals surface area contributed by atoms with E-state index in [1.165, 1.54) is 4.90 Å². The molecule has 56 heavy (non-hydrogen) atoms. The Labute approximate surface area is 331 Å². The lowest BCUT2D eigenvalue weighted by Crippen LogP contribution is -2.64. The summed E-state index contributed by atoms with van der Waals surface area (Å²) in [5.74, 6) is 0.623. The number of carbonyl (C=O) groups excluding carboxylic acids is 2. The SMILES string of the molecule is CC1(C)CN(C2(C(=O)c3nc4c(c(N5CCN(C(=O)OCc6ccccc6)C(CC#N)C5)n3)CCN(c3cccc5cccc(Cl)c35)C4)CC2)CCN1C(=O)O. The molecule has 3 aromatic carbocycles. The number of fused-ring (bicyclic) bond motifs is 2. The number of hydrogen-bond acceptors (Lipinski definition) is 10. The predicted octanol–water partition coefficient (Wildman–Crippen LogP) is 6.38. The number of Topliss-reactive ketones (excluding diaryl/α,β-unsaturated/α-hetero) is 1. The van der Waals surface area contributed by atoms with Crippen LogP contribution in [0.25, 0.3) is 10.8 Å². The fraction of sp³-hybridized carbons (Fsp3) is 0.429. The summed E-state index contributed by atoms with van der Waals surface area (Å²) in [6.45, 7) is 7.25. The van der Waals surface area contributed by atoms with Crippen LogP contribution in [0.3, 0.4) is 0 Å². The Morgan fingerprint density at radius 2 is 1.71 bits per heavy atom. The topological polar surface area (TPSA) is 146 Å². The highest BCUT2D eigenvalue weighted by atomic mass is 35.5. The molecular weight excluding hydrogens is 732 g/mol. The van der Waals surface area contributed by atoms with Crippen molar-refractivity contribution in [3.63, 3.8) is 0 Å². The van der Waals surface area contributed by atoms with E-state index in [0.717, 1.165) is 33.3 Å². The number of rotatable bonds is 8. The third kappa shape index (κ3) is 6.96. The highest BCUT2D eigenvalue weighted by Gasteiger charge is 2.58. The number of nitriles is 1. The van der Waals surface area contributed by atoms with Gasteiger partial charge < -0.3 is 29.4 Å². The van der Waals surface area contributed by atoms with Gasteiger partial charge in [-0.2, -0.15) is 5.26 Å². The number of halogens is 1. The standard InChI is InChI=1S/C42H45ClN8O5/c1-41(2)27-49(21-23-51(41)39(53)54)42(16-17-42)36(52)37-45-33-25-47(34-13-7-11-29-10-6-12-32(43)35(29)34)19-15-31(33)38(46-37)48-20-22-50(30(24-48)14-18-44)40(55)56-26-28-8-4-3-5-9-28/h3-13,30H,14-17,19-27H2,1-2H3,(H,53,54). The van der Waals surface area contributed by atoms with Crippen LogP contribution in [0.15, 0.2) is 66.7 Å². The van der Waals surface area contributed by atoms with Crippen LogP contribution >= 0.6 is 11.6 Å². The number of ketones is 1. The predicted molar refractivity (Wildman–Crippen MR) is 212 cm³/mol. The Morgan fingerprint density at radius 1 is 0.946 bits per heavy atom. The van der Waals surface area contributed by atoms with Crippen LogP contribution in [0.4, 0.5) is 21.1 Å². The van der Waals surface area contributed by atoms with E-state index in [0.29, 0.717) is 82.5 Å². The van der Waals surface area contributed by atoms with Crippen molar-refractivity contribution in [2.75, 3.05) is 55.6 Å². The van der Waals surface area contributed by atoms with Crippen LogP contribution < -0.4 is 9.80 Å². The van der Waals surface area contributed by atoms with E-state index in [-0.39, 0.29) is 24.6 Å². The number of amides is 2. The Bertz CT molecular complexity index is 2220. The first-order valence-corrected chi connectivity index (χ1v) is 19.6. The van der Waals surface area contributed by atoms with Gasteiger partial charge in [-0.1, -0.05) is 66.2 Å². The van der Waals surface area contributed by atoms with Gasteiger partial charge >= 0.3 is 12.2 Å². The third-order valence-electron chi connectivity index (χ3n) is 11.9. The largest absolute Gasteiger partial charge is 0.465 e. The zero-order valence-corrected chi connectivity index (χ0v) is 32.4. The fourth-order valence-electron chi connectivity index (χ4n) is 8.78. The van der Waals surface area contributed by atoms with Crippen molar-refractivity contribution in [2.45, 2.75) is 69.8 Å². The van der Waals surface area contributed by atoms with Crippen LogP contribution in [0, 0.1) is 11.3 Å². The first-order valence-electron chi connectivity index (χ1n) is 19.2. The van der Waals surface area contributed by atoms with Gasteiger partial charge in [0.2, 0.25) is 5.78 Å². The summed E-state index contributed by atoms with van der Waals surface area (Å²) in [6.07, 6.45) is 0.551. The van der Waals surface area contributed by atoms with Crippen LogP contribution in [0.5, 0.6) is 0 Å². The van der Waals surface area contributed by atoms with Gasteiger partial charge in [0.15, 0.2) is 5.82 Å². The average molecular weight is 777 g/mol. The molecule has 3 fully saturated rings. The van der Waals surface area contributed by atoms with Crippen LogP contribution in [-0.2, 0) is 24.3 Å². The van der Waals surface area contributed by atoms with Gasteiger partial charge in [0, 0.05) is 62.5 Å². The van der Waals surface area contributed by atoms with E-state index in [4.69, 9.17) is 26.3 Å². The lowest BCUT2D eigenvalue weighted by atomic mass is 9.95. The molecule has 1 unspecified atom stereocenters. The van der Waals surface area contributed by atoms with E-state index < -0.39 is 29.3 Å². The van der Waals surface area contributed by atoms with Crippen LogP contribution in [0.2, 0.25) is 5.02 Å². The summed E-state index contributed by atoms with van der Waals surface area (Å²) in [5, 5.41) is 22.3. The number of nitrogens with zero attached hydrogens (tertiary/aromatic N) is 8. The Morgan fingerprint density at radius 3 is 2.43 bits per heavy atom. The van der Waals surface area contributed by atoms with Crippen molar-refractivity contribution in [1.82, 2.24) is 24.7 Å². The number of anilines is 2. The number of carbonyl (C=O) groups is 3. The second-order valence-corrected chi connectivity index (χ2v) is 16.2. The van der Waals surface area contributed by atoms with Crippen LogP contribution in [-0.4, -0.2) is 111 Å². The molecule has 0 bridgehead atoms. The molecule has 1 aliphatic carbocycles. The number of aromatic nitrogens is 2. The molecule has 4 aliphatic rings. The quantitative estimate of drug-likeness (QED) is 0.199. The molecule has 2 amide bonds. The normalized spacial score (nSPS) is 20.3. The highest BCUT2D eigenvalue weighted by Crippen LogP contribution is 2.46. The number of benzene rings is 3. The van der Waals surface area contributed by atoms with E-state index in [1.807, 2.05) is 74.5 Å². The molecular formula is C42H45ClN8O5. The van der Waals surface area contributed by atoms with Crippen molar-refractivity contribution >= 4 is 51.8 Å². The monoisotopic (exact) mass is 776 g/mol. The summed E-state index contributed by atoms with van der Waals surface area (Å²) in [7, 11) is 0. The van der Waals surface area contributed by atoms with Gasteiger partial charge in [-0.25, -0.2) is 19.6 Å². The Hall–Kier alpha value is -5.45. The average Bonchev–Trinajstić information content (AvgIpc) is 4.01. The molecule has 1 N–H and O–H groups in total. The summed E-state index contributed by atoms with van der Waals surface area (Å²) >= 11 is 6.77. The number of hydrogen-bond donors (Lipinski definition) is 1. The van der Waals surface area contributed by atoms with Crippen molar-refractivity contribution in [3.05, 3.63) is 94.4 Å². The van der Waals surface area contributed by atoms with Crippen LogP contribution in [0.1, 0.15) is 60.5 Å². The number of ether oxygens (including phenoxy) is 1. The van der Waals surface area contributed by atoms with E-state index in [1.54, 1.807) is 4.90 Å². The van der Waals surface area contributed by atoms with E-state index >= 15 is 0 Å². The molecule has 0 radical (unpaired) electrons. The molecule has 3 aliphatic heterocycles. The van der Waals surface area contributed by atoms with E-state index in [9.17, 15) is 24.8 Å². The van der Waals surface area contributed by atoms with Crippen molar-refractivity contribution < 1.29 is 24.2 Å².